The monoisotopic (exact) mass is 238 g/mol. The summed E-state index contributed by atoms with van der Waals surface area (Å²) in [6, 6.07) is 0.811. The van der Waals surface area contributed by atoms with Crippen molar-refractivity contribution in [3.63, 3.8) is 0 Å². The van der Waals surface area contributed by atoms with Crippen molar-refractivity contribution in [1.29, 1.82) is 0 Å². The standard InChI is InChI=1S/C14H26N2O/c1-15-10-12-3-7-16(11-12)13-4-8-17-14(9-13)5-2-6-14/h12-13,15H,2-11H2,1H3. The Labute approximate surface area is 105 Å². The zero-order chi connectivity index (χ0) is 11.7. The molecule has 1 saturated carbocycles. The van der Waals surface area contributed by atoms with Gasteiger partial charge in [0.1, 0.15) is 0 Å². The second kappa shape index (κ2) is 4.87. The molecule has 2 heterocycles. The van der Waals surface area contributed by atoms with Crippen molar-refractivity contribution in [2.75, 3.05) is 33.3 Å². The topological polar surface area (TPSA) is 24.5 Å². The van der Waals surface area contributed by atoms with Crippen LogP contribution in [0.25, 0.3) is 0 Å². The summed E-state index contributed by atoms with van der Waals surface area (Å²) in [5.41, 5.74) is 0.310. The predicted octanol–water partition coefficient (Wildman–Crippen LogP) is 1.63. The molecule has 98 valence electrons. The van der Waals surface area contributed by atoms with E-state index in [4.69, 9.17) is 4.74 Å². The molecule has 1 spiro atoms. The number of hydrogen-bond acceptors (Lipinski definition) is 3. The molecule has 0 aromatic carbocycles. The summed E-state index contributed by atoms with van der Waals surface area (Å²) in [5, 5.41) is 3.32. The van der Waals surface area contributed by atoms with Gasteiger partial charge in [-0.2, -0.15) is 0 Å². The minimum absolute atomic E-state index is 0.310. The van der Waals surface area contributed by atoms with Gasteiger partial charge in [0, 0.05) is 19.2 Å². The van der Waals surface area contributed by atoms with E-state index in [0.717, 1.165) is 18.6 Å². The molecule has 3 fully saturated rings. The molecule has 2 atom stereocenters. The van der Waals surface area contributed by atoms with E-state index < -0.39 is 0 Å². The van der Waals surface area contributed by atoms with Gasteiger partial charge >= 0.3 is 0 Å². The van der Waals surface area contributed by atoms with Crippen LogP contribution in [0.5, 0.6) is 0 Å². The highest BCUT2D eigenvalue weighted by atomic mass is 16.5. The molecule has 17 heavy (non-hydrogen) atoms. The zero-order valence-electron chi connectivity index (χ0n) is 11.1. The second-order valence-corrected chi connectivity index (χ2v) is 6.24. The van der Waals surface area contributed by atoms with Gasteiger partial charge in [-0.3, -0.25) is 4.90 Å². The van der Waals surface area contributed by atoms with E-state index in [1.165, 1.54) is 58.2 Å². The molecular formula is C14H26N2O. The van der Waals surface area contributed by atoms with Crippen molar-refractivity contribution in [2.45, 2.75) is 50.2 Å². The molecule has 1 aliphatic carbocycles. The Morgan fingerprint density at radius 3 is 2.94 bits per heavy atom. The molecule has 0 aromatic heterocycles. The van der Waals surface area contributed by atoms with E-state index in [-0.39, 0.29) is 0 Å². The van der Waals surface area contributed by atoms with Crippen LogP contribution in [0.2, 0.25) is 0 Å². The Bertz CT molecular complexity index is 265. The van der Waals surface area contributed by atoms with E-state index in [1.54, 1.807) is 0 Å². The van der Waals surface area contributed by atoms with Crippen LogP contribution < -0.4 is 5.32 Å². The van der Waals surface area contributed by atoms with Crippen molar-refractivity contribution < 1.29 is 4.74 Å². The molecule has 1 N–H and O–H groups in total. The smallest absolute Gasteiger partial charge is 0.0697 e. The van der Waals surface area contributed by atoms with Gasteiger partial charge in [-0.25, -0.2) is 0 Å². The Kier molecular flexibility index (Phi) is 3.42. The Morgan fingerprint density at radius 1 is 1.35 bits per heavy atom. The van der Waals surface area contributed by atoms with Gasteiger partial charge in [0.2, 0.25) is 0 Å². The van der Waals surface area contributed by atoms with Crippen LogP contribution in [0.1, 0.15) is 38.5 Å². The minimum atomic E-state index is 0.310. The van der Waals surface area contributed by atoms with Crippen molar-refractivity contribution in [1.82, 2.24) is 10.2 Å². The third kappa shape index (κ3) is 2.38. The maximum atomic E-state index is 6.03. The molecule has 3 aliphatic rings. The van der Waals surface area contributed by atoms with Crippen molar-refractivity contribution in [3.8, 4) is 0 Å². The van der Waals surface area contributed by atoms with E-state index in [1.807, 2.05) is 0 Å². The molecule has 3 nitrogen and oxygen atoms in total. The lowest BCUT2D eigenvalue weighted by molar-refractivity contribution is -0.147. The van der Waals surface area contributed by atoms with Crippen LogP contribution in [0.15, 0.2) is 0 Å². The highest BCUT2D eigenvalue weighted by Crippen LogP contribution is 2.43. The molecule has 2 saturated heterocycles. The average Bonchev–Trinajstić information content (AvgIpc) is 2.76. The average molecular weight is 238 g/mol. The van der Waals surface area contributed by atoms with Crippen molar-refractivity contribution >= 4 is 0 Å². The lowest BCUT2D eigenvalue weighted by atomic mass is 9.73. The lowest BCUT2D eigenvalue weighted by Crippen LogP contribution is -2.51. The molecule has 2 unspecified atom stereocenters. The number of ether oxygens (including phenoxy) is 1. The number of hydrogen-bond donors (Lipinski definition) is 1. The zero-order valence-corrected chi connectivity index (χ0v) is 11.1. The molecule has 0 amide bonds. The number of likely N-dealkylation sites (tertiary alicyclic amines) is 1. The van der Waals surface area contributed by atoms with Gasteiger partial charge in [0.25, 0.3) is 0 Å². The van der Waals surface area contributed by atoms with Gasteiger partial charge < -0.3 is 10.1 Å². The number of nitrogens with zero attached hydrogens (tertiary/aromatic N) is 1. The van der Waals surface area contributed by atoms with Crippen molar-refractivity contribution in [2.24, 2.45) is 5.92 Å². The SMILES string of the molecule is CNCC1CCN(C2CCOC3(CCC3)C2)C1. The number of rotatable bonds is 3. The summed E-state index contributed by atoms with van der Waals surface area (Å²) in [6.45, 7) is 4.80. The third-order valence-electron chi connectivity index (χ3n) is 5.06. The summed E-state index contributed by atoms with van der Waals surface area (Å²) in [6.07, 6.45) is 7.96. The quantitative estimate of drug-likeness (QED) is 0.809. The van der Waals surface area contributed by atoms with E-state index in [9.17, 15) is 0 Å². The first kappa shape index (κ1) is 11.9. The Morgan fingerprint density at radius 2 is 2.24 bits per heavy atom. The van der Waals surface area contributed by atoms with E-state index in [2.05, 4.69) is 17.3 Å². The first-order chi connectivity index (χ1) is 8.31. The largest absolute Gasteiger partial charge is 0.375 e. The molecule has 3 heteroatoms. The van der Waals surface area contributed by atoms with E-state index >= 15 is 0 Å². The molecular weight excluding hydrogens is 212 g/mol. The first-order valence-corrected chi connectivity index (χ1v) is 7.34. The molecule has 0 aromatic rings. The highest BCUT2D eigenvalue weighted by Gasteiger charge is 2.44. The van der Waals surface area contributed by atoms with Crippen LogP contribution in [0.3, 0.4) is 0 Å². The summed E-state index contributed by atoms with van der Waals surface area (Å²) >= 11 is 0. The third-order valence-corrected chi connectivity index (χ3v) is 5.06. The fraction of sp³-hybridized carbons (Fsp3) is 1.00. The van der Waals surface area contributed by atoms with Gasteiger partial charge in [0.15, 0.2) is 0 Å². The molecule has 3 rings (SSSR count). The summed E-state index contributed by atoms with van der Waals surface area (Å²) in [5.74, 6) is 0.875. The normalized spacial score (nSPS) is 37.2. The molecule has 2 aliphatic heterocycles. The van der Waals surface area contributed by atoms with Crippen LogP contribution in [0.4, 0.5) is 0 Å². The van der Waals surface area contributed by atoms with Crippen molar-refractivity contribution in [3.05, 3.63) is 0 Å². The fourth-order valence-electron chi connectivity index (χ4n) is 3.88. The fourth-order valence-corrected chi connectivity index (χ4v) is 3.88. The van der Waals surface area contributed by atoms with Crippen LogP contribution in [0, 0.1) is 5.92 Å². The van der Waals surface area contributed by atoms with Gasteiger partial charge in [-0.15, -0.1) is 0 Å². The van der Waals surface area contributed by atoms with Crippen LogP contribution >= 0.6 is 0 Å². The Balaban J connectivity index is 1.54. The molecule has 0 radical (unpaired) electrons. The first-order valence-electron chi connectivity index (χ1n) is 7.34. The predicted molar refractivity (Wildman–Crippen MR) is 69.2 cm³/mol. The summed E-state index contributed by atoms with van der Waals surface area (Å²) in [7, 11) is 2.07. The lowest BCUT2D eigenvalue weighted by Gasteiger charge is -2.49. The van der Waals surface area contributed by atoms with E-state index in [0.29, 0.717) is 5.60 Å². The summed E-state index contributed by atoms with van der Waals surface area (Å²) in [4.78, 5) is 2.74. The van der Waals surface area contributed by atoms with Gasteiger partial charge in [-0.1, -0.05) is 0 Å². The second-order valence-electron chi connectivity index (χ2n) is 6.24. The van der Waals surface area contributed by atoms with Crippen LogP contribution in [-0.2, 0) is 4.74 Å². The summed E-state index contributed by atoms with van der Waals surface area (Å²) < 4.78 is 6.03. The van der Waals surface area contributed by atoms with Gasteiger partial charge in [0.05, 0.1) is 5.60 Å². The number of nitrogens with one attached hydrogen (secondary N) is 1. The highest BCUT2D eigenvalue weighted by molar-refractivity contribution is 4.97. The van der Waals surface area contributed by atoms with Crippen LogP contribution in [-0.4, -0.2) is 49.8 Å². The molecule has 0 bridgehead atoms. The maximum Gasteiger partial charge on any atom is 0.0697 e. The van der Waals surface area contributed by atoms with Gasteiger partial charge in [-0.05, 0) is 64.6 Å². The minimum Gasteiger partial charge on any atom is -0.375 e. The Hall–Kier alpha value is -0.120. The maximum absolute atomic E-state index is 6.03.